The van der Waals surface area contributed by atoms with Gasteiger partial charge < -0.3 is 4.74 Å². The zero-order chi connectivity index (χ0) is 13.1. The maximum absolute atomic E-state index is 11.6. The third-order valence-electron chi connectivity index (χ3n) is 2.34. The molecule has 0 N–H and O–H groups in total. The fourth-order valence-electron chi connectivity index (χ4n) is 1.58. The standard InChI is InChI=1S/C12H6N2O3S/c1-17-12(16)11-9(14-6-15)8-4-2-3-7(5-13)10(8)18-11/h2-4H,1H3. The fraction of sp³-hybridized carbons (Fsp3) is 0.0833. The molecule has 0 fully saturated rings. The van der Waals surface area contributed by atoms with Crippen LogP contribution in [0.4, 0.5) is 5.69 Å². The van der Waals surface area contributed by atoms with E-state index in [1.54, 1.807) is 18.2 Å². The van der Waals surface area contributed by atoms with Crippen molar-refractivity contribution in [2.45, 2.75) is 0 Å². The first kappa shape index (κ1) is 12.0. The number of fused-ring (bicyclic) bond motifs is 1. The molecule has 0 aliphatic rings. The number of esters is 1. The van der Waals surface area contributed by atoms with Gasteiger partial charge in [0.1, 0.15) is 16.6 Å². The zero-order valence-corrected chi connectivity index (χ0v) is 10.1. The summed E-state index contributed by atoms with van der Waals surface area (Å²) >= 11 is 1.08. The third kappa shape index (κ3) is 1.78. The molecular formula is C12H6N2O3S. The van der Waals surface area contributed by atoms with Crippen LogP contribution >= 0.6 is 11.3 Å². The van der Waals surface area contributed by atoms with Crippen LogP contribution in [0, 0.1) is 11.3 Å². The number of nitrogens with zero attached hydrogens (tertiary/aromatic N) is 2. The molecule has 88 valence electrons. The average Bonchev–Trinajstić information content (AvgIpc) is 2.77. The minimum absolute atomic E-state index is 0.193. The molecule has 0 unspecified atom stereocenters. The number of ether oxygens (including phenoxy) is 1. The number of carbonyl (C=O) groups is 1. The molecule has 0 atom stereocenters. The van der Waals surface area contributed by atoms with Crippen LogP contribution in [0.15, 0.2) is 23.2 Å². The first-order valence-electron chi connectivity index (χ1n) is 4.84. The number of rotatable bonds is 2. The Labute approximate surface area is 106 Å². The normalized spacial score (nSPS) is 9.56. The Bertz CT molecular complexity index is 721. The van der Waals surface area contributed by atoms with Gasteiger partial charge in [-0.05, 0) is 6.07 Å². The summed E-state index contributed by atoms with van der Waals surface area (Å²) in [4.78, 5) is 25.8. The lowest BCUT2D eigenvalue weighted by Crippen LogP contribution is -1.97. The highest BCUT2D eigenvalue weighted by atomic mass is 32.1. The first-order chi connectivity index (χ1) is 8.72. The Hall–Kier alpha value is -2.48. The highest BCUT2D eigenvalue weighted by Crippen LogP contribution is 2.39. The van der Waals surface area contributed by atoms with Crippen LogP contribution in [0.3, 0.4) is 0 Å². The molecular weight excluding hydrogens is 252 g/mol. The number of thiophene rings is 1. The summed E-state index contributed by atoms with van der Waals surface area (Å²) in [6, 6.07) is 7.02. The molecule has 0 aliphatic heterocycles. The molecule has 2 rings (SSSR count). The van der Waals surface area contributed by atoms with Crippen molar-refractivity contribution in [3.05, 3.63) is 28.6 Å². The number of benzene rings is 1. The van der Waals surface area contributed by atoms with E-state index in [2.05, 4.69) is 9.73 Å². The van der Waals surface area contributed by atoms with Crippen molar-refractivity contribution in [3.63, 3.8) is 0 Å². The van der Waals surface area contributed by atoms with Gasteiger partial charge in [-0.25, -0.2) is 9.59 Å². The van der Waals surface area contributed by atoms with Crippen molar-refractivity contribution >= 4 is 39.2 Å². The summed E-state index contributed by atoms with van der Waals surface area (Å²) in [7, 11) is 1.24. The van der Waals surface area contributed by atoms with Crippen molar-refractivity contribution in [1.29, 1.82) is 5.26 Å². The van der Waals surface area contributed by atoms with Gasteiger partial charge in [-0.1, -0.05) is 12.1 Å². The minimum atomic E-state index is -0.589. The van der Waals surface area contributed by atoms with Crippen LogP contribution in [0.5, 0.6) is 0 Å². The molecule has 1 aromatic heterocycles. The van der Waals surface area contributed by atoms with E-state index in [-0.39, 0.29) is 10.6 Å². The van der Waals surface area contributed by atoms with Crippen LogP contribution in [-0.4, -0.2) is 19.2 Å². The second-order valence-corrected chi connectivity index (χ2v) is 4.29. The quantitative estimate of drug-likeness (QED) is 0.471. The Morgan fingerprint density at radius 2 is 2.28 bits per heavy atom. The third-order valence-corrected chi connectivity index (χ3v) is 3.55. The number of isocyanates is 1. The lowest BCUT2D eigenvalue weighted by Gasteiger charge is -1.95. The van der Waals surface area contributed by atoms with E-state index in [9.17, 15) is 9.59 Å². The number of nitriles is 1. The van der Waals surface area contributed by atoms with Crippen LogP contribution < -0.4 is 0 Å². The predicted molar refractivity (Wildman–Crippen MR) is 65.7 cm³/mol. The van der Waals surface area contributed by atoms with Crippen molar-refractivity contribution < 1.29 is 14.3 Å². The van der Waals surface area contributed by atoms with Crippen molar-refractivity contribution in [1.82, 2.24) is 0 Å². The molecule has 2 aromatic rings. The SMILES string of the molecule is COC(=O)c1sc2c(C#N)cccc2c1N=C=O. The Kier molecular flexibility index (Phi) is 3.20. The molecule has 18 heavy (non-hydrogen) atoms. The summed E-state index contributed by atoms with van der Waals surface area (Å²) in [6.07, 6.45) is 1.41. The van der Waals surface area contributed by atoms with Gasteiger partial charge in [0.05, 0.1) is 17.4 Å². The second-order valence-electron chi connectivity index (χ2n) is 3.27. The molecule has 0 bridgehead atoms. The molecule has 0 aliphatic carbocycles. The number of methoxy groups -OCH3 is 1. The van der Waals surface area contributed by atoms with Gasteiger partial charge in [0.2, 0.25) is 6.08 Å². The van der Waals surface area contributed by atoms with E-state index in [1.165, 1.54) is 13.2 Å². The second kappa shape index (κ2) is 4.80. The predicted octanol–water partition coefficient (Wildman–Crippen LogP) is 2.53. The smallest absolute Gasteiger partial charge is 0.350 e. The van der Waals surface area contributed by atoms with Gasteiger partial charge in [-0.2, -0.15) is 10.3 Å². The summed E-state index contributed by atoms with van der Waals surface area (Å²) in [5, 5.41) is 9.57. The summed E-state index contributed by atoms with van der Waals surface area (Å²) in [5.74, 6) is -0.589. The van der Waals surface area contributed by atoms with E-state index >= 15 is 0 Å². The summed E-state index contributed by atoms with van der Waals surface area (Å²) in [5.41, 5.74) is 0.629. The molecule has 1 aromatic carbocycles. The van der Waals surface area contributed by atoms with Gasteiger partial charge in [0.15, 0.2) is 0 Å². The van der Waals surface area contributed by atoms with E-state index in [1.807, 2.05) is 6.07 Å². The van der Waals surface area contributed by atoms with Crippen molar-refractivity contribution in [3.8, 4) is 6.07 Å². The number of hydrogen-bond acceptors (Lipinski definition) is 6. The molecule has 0 radical (unpaired) electrons. The van der Waals surface area contributed by atoms with Gasteiger partial charge in [0, 0.05) is 5.39 Å². The first-order valence-corrected chi connectivity index (χ1v) is 5.66. The van der Waals surface area contributed by atoms with E-state index in [0.717, 1.165) is 11.3 Å². The number of aliphatic imine (C=N–C) groups is 1. The lowest BCUT2D eigenvalue weighted by atomic mass is 10.1. The van der Waals surface area contributed by atoms with Gasteiger partial charge in [-0.15, -0.1) is 11.3 Å². The maximum Gasteiger partial charge on any atom is 0.350 e. The summed E-state index contributed by atoms with van der Waals surface area (Å²) < 4.78 is 5.23. The van der Waals surface area contributed by atoms with Crippen LogP contribution in [0.25, 0.3) is 10.1 Å². The lowest BCUT2D eigenvalue weighted by molar-refractivity contribution is 0.0607. The van der Waals surface area contributed by atoms with Gasteiger partial charge in [0.25, 0.3) is 0 Å². The van der Waals surface area contributed by atoms with E-state index in [4.69, 9.17) is 5.26 Å². The van der Waals surface area contributed by atoms with Crippen LogP contribution in [0.1, 0.15) is 15.2 Å². The molecule has 0 saturated heterocycles. The minimum Gasteiger partial charge on any atom is -0.465 e. The van der Waals surface area contributed by atoms with Crippen LogP contribution in [-0.2, 0) is 9.53 Å². The Morgan fingerprint density at radius 1 is 1.50 bits per heavy atom. The summed E-state index contributed by atoms with van der Waals surface area (Å²) in [6.45, 7) is 0. The highest BCUT2D eigenvalue weighted by molar-refractivity contribution is 7.21. The molecule has 5 nitrogen and oxygen atoms in total. The average molecular weight is 258 g/mol. The van der Waals surface area contributed by atoms with Crippen molar-refractivity contribution in [2.75, 3.05) is 7.11 Å². The fourth-order valence-corrected chi connectivity index (χ4v) is 2.70. The van der Waals surface area contributed by atoms with Gasteiger partial charge in [-0.3, -0.25) is 0 Å². The monoisotopic (exact) mass is 258 g/mol. The molecule has 0 spiro atoms. The largest absolute Gasteiger partial charge is 0.465 e. The van der Waals surface area contributed by atoms with Gasteiger partial charge >= 0.3 is 5.97 Å². The topological polar surface area (TPSA) is 79.5 Å². The molecule has 0 amide bonds. The Morgan fingerprint density at radius 3 is 2.89 bits per heavy atom. The van der Waals surface area contributed by atoms with Crippen LogP contribution in [0.2, 0.25) is 0 Å². The highest BCUT2D eigenvalue weighted by Gasteiger charge is 2.20. The number of hydrogen-bond donors (Lipinski definition) is 0. The molecule has 0 saturated carbocycles. The van der Waals surface area contributed by atoms with E-state index in [0.29, 0.717) is 15.6 Å². The molecule has 1 heterocycles. The molecule has 6 heteroatoms. The van der Waals surface area contributed by atoms with E-state index < -0.39 is 5.97 Å². The Balaban J connectivity index is 2.87. The van der Waals surface area contributed by atoms with Crippen molar-refractivity contribution in [2.24, 2.45) is 4.99 Å². The maximum atomic E-state index is 11.6. The number of carbonyl (C=O) groups excluding carboxylic acids is 2. The zero-order valence-electron chi connectivity index (χ0n) is 9.26.